The number of hydrogen-bond donors (Lipinski definition) is 3. The zero-order valence-electron chi connectivity index (χ0n) is 14.5. The summed E-state index contributed by atoms with van der Waals surface area (Å²) in [5, 5.41) is 13.0. The van der Waals surface area contributed by atoms with Gasteiger partial charge in [-0.15, -0.1) is 0 Å². The Kier molecular flexibility index (Phi) is 5.51. The number of aromatic nitrogens is 2. The summed E-state index contributed by atoms with van der Waals surface area (Å²) in [6, 6.07) is 0. The van der Waals surface area contributed by atoms with Gasteiger partial charge in [0.05, 0.1) is 11.2 Å². The zero-order chi connectivity index (χ0) is 17.3. The average Bonchev–Trinajstić information content (AvgIpc) is 2.34. The number of nitrogens with zero attached hydrogens (tertiary/aromatic N) is 1. The molecule has 1 heterocycles. The normalized spacial score (nSPS) is 14.8. The first-order valence-corrected chi connectivity index (χ1v) is 7.89. The molecule has 0 saturated carbocycles. The van der Waals surface area contributed by atoms with Crippen LogP contribution in [0.15, 0.2) is 0 Å². The van der Waals surface area contributed by atoms with Crippen LogP contribution in [0, 0.1) is 17.5 Å². The quantitative estimate of drug-likeness (QED) is 0.744. The van der Waals surface area contributed by atoms with E-state index in [0.717, 1.165) is 5.82 Å². The number of aromatic amines is 1. The fourth-order valence-corrected chi connectivity index (χ4v) is 2.10. The monoisotopic (exact) mass is 325 g/mol. The van der Waals surface area contributed by atoms with Crippen molar-refractivity contribution in [1.82, 2.24) is 15.3 Å². The highest BCUT2D eigenvalue weighted by molar-refractivity contribution is 7.71. The third-order valence-corrected chi connectivity index (χ3v) is 4.19. The van der Waals surface area contributed by atoms with Crippen LogP contribution in [-0.4, -0.2) is 33.1 Å². The van der Waals surface area contributed by atoms with Gasteiger partial charge >= 0.3 is 0 Å². The Balaban J connectivity index is 3.04. The van der Waals surface area contributed by atoms with Crippen LogP contribution in [0.3, 0.4) is 0 Å². The van der Waals surface area contributed by atoms with E-state index in [0.29, 0.717) is 11.3 Å². The van der Waals surface area contributed by atoms with Crippen LogP contribution < -0.4 is 5.32 Å². The van der Waals surface area contributed by atoms with Crippen molar-refractivity contribution in [2.24, 2.45) is 5.92 Å². The SMILES string of the molecule is Cc1[nH]c(C(C)(C)C)nc(=S)c1C(=O)NC[C@](C)(O)C(C)C. The van der Waals surface area contributed by atoms with Gasteiger partial charge in [-0.1, -0.05) is 46.8 Å². The largest absolute Gasteiger partial charge is 0.388 e. The molecule has 0 aliphatic carbocycles. The lowest BCUT2D eigenvalue weighted by Crippen LogP contribution is -2.44. The second-order valence-electron chi connectivity index (χ2n) is 7.34. The molecular formula is C16H27N3O2S. The summed E-state index contributed by atoms with van der Waals surface area (Å²) in [6.07, 6.45) is 0. The minimum Gasteiger partial charge on any atom is -0.388 e. The molecule has 3 N–H and O–H groups in total. The maximum Gasteiger partial charge on any atom is 0.256 e. The second kappa shape index (κ2) is 6.46. The highest BCUT2D eigenvalue weighted by Crippen LogP contribution is 2.20. The molecule has 0 bridgehead atoms. The summed E-state index contributed by atoms with van der Waals surface area (Å²) in [5.41, 5.74) is -0.0864. The van der Waals surface area contributed by atoms with E-state index in [1.807, 2.05) is 41.5 Å². The van der Waals surface area contributed by atoms with Gasteiger partial charge in [0.1, 0.15) is 10.5 Å². The number of aliphatic hydroxyl groups is 1. The Morgan fingerprint density at radius 3 is 2.32 bits per heavy atom. The van der Waals surface area contributed by atoms with E-state index < -0.39 is 5.60 Å². The second-order valence-corrected chi connectivity index (χ2v) is 7.72. The molecule has 5 nitrogen and oxygen atoms in total. The first kappa shape index (κ1) is 18.8. The van der Waals surface area contributed by atoms with E-state index in [-0.39, 0.29) is 28.4 Å². The Morgan fingerprint density at radius 2 is 1.91 bits per heavy atom. The standard InChI is InChI=1S/C16H27N3O2S/c1-9(2)16(7,21)8-17-12(20)11-10(3)18-14(15(4,5)6)19-13(11)22/h9,21H,8H2,1-7H3,(H,17,20)(H,18,19,22)/t16-/m0/s1. The van der Waals surface area contributed by atoms with Gasteiger partial charge in [0, 0.05) is 17.7 Å². The number of hydrogen-bond acceptors (Lipinski definition) is 4. The fourth-order valence-electron chi connectivity index (χ4n) is 1.76. The van der Waals surface area contributed by atoms with Gasteiger partial charge in [-0.05, 0) is 19.8 Å². The van der Waals surface area contributed by atoms with Crippen LogP contribution in [-0.2, 0) is 5.41 Å². The summed E-state index contributed by atoms with van der Waals surface area (Å²) in [7, 11) is 0. The van der Waals surface area contributed by atoms with Crippen LogP contribution in [0.2, 0.25) is 0 Å². The van der Waals surface area contributed by atoms with Crippen molar-refractivity contribution in [3.63, 3.8) is 0 Å². The van der Waals surface area contributed by atoms with Crippen molar-refractivity contribution >= 4 is 18.1 Å². The minimum absolute atomic E-state index is 0.0322. The van der Waals surface area contributed by atoms with Crippen molar-refractivity contribution < 1.29 is 9.90 Å². The Labute approximate surface area is 137 Å². The van der Waals surface area contributed by atoms with E-state index in [9.17, 15) is 9.90 Å². The molecule has 0 radical (unpaired) electrons. The Bertz CT molecular complexity index is 613. The predicted molar refractivity (Wildman–Crippen MR) is 90.7 cm³/mol. The van der Waals surface area contributed by atoms with Crippen LogP contribution in [0.1, 0.15) is 63.4 Å². The molecule has 124 valence electrons. The van der Waals surface area contributed by atoms with Gasteiger partial charge in [0.2, 0.25) is 0 Å². The molecule has 1 atom stereocenters. The molecule has 0 aliphatic heterocycles. The van der Waals surface area contributed by atoms with E-state index in [2.05, 4.69) is 15.3 Å². The first-order valence-electron chi connectivity index (χ1n) is 7.48. The van der Waals surface area contributed by atoms with Crippen molar-refractivity contribution in [2.75, 3.05) is 6.54 Å². The van der Waals surface area contributed by atoms with Crippen LogP contribution in [0.25, 0.3) is 0 Å². The lowest BCUT2D eigenvalue weighted by molar-refractivity contribution is 0.0142. The summed E-state index contributed by atoms with van der Waals surface area (Å²) < 4.78 is 0.280. The summed E-state index contributed by atoms with van der Waals surface area (Å²) in [4.78, 5) is 19.9. The van der Waals surface area contributed by atoms with Crippen molar-refractivity contribution in [3.8, 4) is 0 Å². The fraction of sp³-hybridized carbons (Fsp3) is 0.688. The predicted octanol–water partition coefficient (Wildman–Crippen LogP) is 2.88. The molecule has 22 heavy (non-hydrogen) atoms. The molecule has 0 spiro atoms. The van der Waals surface area contributed by atoms with Crippen LogP contribution in [0.5, 0.6) is 0 Å². The lowest BCUT2D eigenvalue weighted by Gasteiger charge is -2.28. The number of carbonyl (C=O) groups is 1. The number of rotatable bonds is 4. The summed E-state index contributed by atoms with van der Waals surface area (Å²) in [5.74, 6) is 0.471. The Morgan fingerprint density at radius 1 is 1.36 bits per heavy atom. The number of carbonyl (C=O) groups excluding carboxylic acids is 1. The molecule has 1 aromatic heterocycles. The maximum atomic E-state index is 12.4. The molecule has 0 fully saturated rings. The highest BCUT2D eigenvalue weighted by atomic mass is 32.1. The number of H-pyrrole nitrogens is 1. The van der Waals surface area contributed by atoms with E-state index in [1.165, 1.54) is 0 Å². The smallest absolute Gasteiger partial charge is 0.256 e. The van der Waals surface area contributed by atoms with Gasteiger partial charge in [0.15, 0.2) is 0 Å². The Hall–Kier alpha value is -1.27. The number of aryl methyl sites for hydroxylation is 1. The topological polar surface area (TPSA) is 78.0 Å². The molecule has 1 amide bonds. The zero-order valence-corrected chi connectivity index (χ0v) is 15.3. The van der Waals surface area contributed by atoms with E-state index in [1.54, 1.807) is 6.92 Å². The summed E-state index contributed by atoms with van der Waals surface area (Å²) >= 11 is 5.28. The van der Waals surface area contributed by atoms with Crippen molar-refractivity contribution in [3.05, 3.63) is 21.7 Å². The minimum atomic E-state index is -0.965. The van der Waals surface area contributed by atoms with Gasteiger partial charge < -0.3 is 15.4 Å². The van der Waals surface area contributed by atoms with E-state index >= 15 is 0 Å². The van der Waals surface area contributed by atoms with Gasteiger partial charge in [-0.3, -0.25) is 4.79 Å². The average molecular weight is 325 g/mol. The third kappa shape index (κ3) is 4.36. The van der Waals surface area contributed by atoms with Crippen LogP contribution in [0.4, 0.5) is 0 Å². The highest BCUT2D eigenvalue weighted by Gasteiger charge is 2.27. The van der Waals surface area contributed by atoms with Gasteiger partial charge in [-0.25, -0.2) is 4.98 Å². The van der Waals surface area contributed by atoms with Gasteiger partial charge in [0.25, 0.3) is 5.91 Å². The molecule has 6 heteroatoms. The maximum absolute atomic E-state index is 12.4. The molecule has 0 saturated heterocycles. The molecule has 1 rings (SSSR count). The van der Waals surface area contributed by atoms with Crippen LogP contribution >= 0.6 is 12.2 Å². The third-order valence-electron chi connectivity index (χ3n) is 3.90. The molecule has 0 aromatic carbocycles. The van der Waals surface area contributed by atoms with Gasteiger partial charge in [-0.2, -0.15) is 0 Å². The van der Waals surface area contributed by atoms with Crippen molar-refractivity contribution in [2.45, 2.75) is 59.5 Å². The number of nitrogens with one attached hydrogen (secondary N) is 2. The molecule has 0 unspecified atom stereocenters. The molecule has 1 aromatic rings. The van der Waals surface area contributed by atoms with Crippen molar-refractivity contribution in [1.29, 1.82) is 0 Å². The number of amides is 1. The molecule has 0 aliphatic rings. The lowest BCUT2D eigenvalue weighted by atomic mass is 9.92. The molecular weight excluding hydrogens is 298 g/mol. The first-order chi connectivity index (χ1) is 9.86. The summed E-state index contributed by atoms with van der Waals surface area (Å²) in [6.45, 7) is 13.6. The van der Waals surface area contributed by atoms with E-state index in [4.69, 9.17) is 12.2 Å².